The highest BCUT2D eigenvalue weighted by Crippen LogP contribution is 2.26. The van der Waals surface area contributed by atoms with E-state index < -0.39 is 11.6 Å². The van der Waals surface area contributed by atoms with Gasteiger partial charge in [0.1, 0.15) is 0 Å². The number of methoxy groups -OCH3 is 1. The van der Waals surface area contributed by atoms with Gasteiger partial charge in [-0.25, -0.2) is 0 Å². The number of ketones is 2. The van der Waals surface area contributed by atoms with Gasteiger partial charge in [-0.3, -0.25) is 9.59 Å². The molecule has 1 aromatic rings. The van der Waals surface area contributed by atoms with Crippen LogP contribution in [0.1, 0.15) is 12.0 Å². The lowest BCUT2D eigenvalue weighted by Crippen LogP contribution is -2.09. The van der Waals surface area contributed by atoms with Crippen LogP contribution in [0.2, 0.25) is 0 Å². The number of benzene rings is 1. The smallest absolute Gasteiger partial charge is 0.221 e. The van der Waals surface area contributed by atoms with E-state index in [0.29, 0.717) is 11.3 Å². The third-order valence-electron chi connectivity index (χ3n) is 2.35. The molecule has 0 fully saturated rings. The fourth-order valence-corrected chi connectivity index (χ4v) is 1.34. The molecule has 100 valence electrons. The molecule has 0 spiro atoms. The number of carbonyl (C=O) groups is 2. The number of carbonyl (C=O) groups excluding carboxylic acids is 2. The molecule has 1 aromatic carbocycles. The number of hydrogen-bond donors (Lipinski definition) is 2. The summed E-state index contributed by atoms with van der Waals surface area (Å²) in [5.74, 6) is -0.837. The normalized spacial score (nSPS) is 11.0. The van der Waals surface area contributed by atoms with Gasteiger partial charge in [0.05, 0.1) is 7.11 Å². The van der Waals surface area contributed by atoms with Gasteiger partial charge < -0.3 is 15.6 Å². The summed E-state index contributed by atoms with van der Waals surface area (Å²) in [4.78, 5) is 22.8. The van der Waals surface area contributed by atoms with Gasteiger partial charge >= 0.3 is 0 Å². The minimum Gasteiger partial charge on any atom is -0.504 e. The van der Waals surface area contributed by atoms with E-state index in [2.05, 4.69) is 0 Å². The number of aromatic hydroxyl groups is 1. The van der Waals surface area contributed by atoms with Gasteiger partial charge in [-0.1, -0.05) is 18.2 Å². The third-order valence-corrected chi connectivity index (χ3v) is 2.35. The van der Waals surface area contributed by atoms with Crippen LogP contribution in [0.15, 0.2) is 36.6 Å². The number of hydrogen-bond acceptors (Lipinski definition) is 5. The van der Waals surface area contributed by atoms with Crippen LogP contribution in [0.5, 0.6) is 11.5 Å². The van der Waals surface area contributed by atoms with Crippen molar-refractivity contribution >= 4 is 17.6 Å². The van der Waals surface area contributed by atoms with Crippen LogP contribution in [-0.2, 0) is 9.59 Å². The summed E-state index contributed by atoms with van der Waals surface area (Å²) in [7, 11) is 1.43. The van der Waals surface area contributed by atoms with E-state index in [1.807, 2.05) is 0 Å². The van der Waals surface area contributed by atoms with Crippen LogP contribution in [0.25, 0.3) is 6.08 Å². The molecule has 5 heteroatoms. The van der Waals surface area contributed by atoms with Gasteiger partial charge in [-0.2, -0.15) is 0 Å². The van der Waals surface area contributed by atoms with E-state index >= 15 is 0 Å². The number of nitrogens with two attached hydrogens (primary N) is 1. The molecule has 0 radical (unpaired) electrons. The highest BCUT2D eigenvalue weighted by molar-refractivity contribution is 6.42. The second-order valence-electron chi connectivity index (χ2n) is 3.68. The van der Waals surface area contributed by atoms with Crippen molar-refractivity contribution in [1.82, 2.24) is 0 Å². The SMILES string of the molecule is COc1cc(/C=C/C(=O)C(=O)C/C=C\N)ccc1O. The monoisotopic (exact) mass is 261 g/mol. The zero-order valence-electron chi connectivity index (χ0n) is 10.5. The van der Waals surface area contributed by atoms with Gasteiger partial charge in [0.15, 0.2) is 11.5 Å². The van der Waals surface area contributed by atoms with E-state index in [4.69, 9.17) is 10.5 Å². The lowest BCUT2D eigenvalue weighted by atomic mass is 10.1. The van der Waals surface area contributed by atoms with E-state index in [9.17, 15) is 14.7 Å². The molecule has 3 N–H and O–H groups in total. The molecule has 0 atom stereocenters. The molecule has 0 unspecified atom stereocenters. The number of rotatable bonds is 6. The highest BCUT2D eigenvalue weighted by Gasteiger charge is 2.08. The fraction of sp³-hybridized carbons (Fsp3) is 0.143. The number of Topliss-reactive ketones (excluding diaryl/α,β-unsaturated/α-hetero) is 1. The van der Waals surface area contributed by atoms with Crippen LogP contribution in [0.3, 0.4) is 0 Å². The van der Waals surface area contributed by atoms with Crippen molar-refractivity contribution in [1.29, 1.82) is 0 Å². The van der Waals surface area contributed by atoms with Gasteiger partial charge in [0, 0.05) is 6.42 Å². The Morgan fingerprint density at radius 3 is 2.79 bits per heavy atom. The van der Waals surface area contributed by atoms with Crippen molar-refractivity contribution in [3.05, 3.63) is 42.1 Å². The predicted octanol–water partition coefficient (Wildman–Crippen LogP) is 1.41. The standard InChI is InChI=1S/C14H15NO4/c1-19-14-9-10(5-7-13(14)18)4-6-12(17)11(16)3-2-8-15/h2,4-9,18H,3,15H2,1H3/b6-4+,8-2-. The van der Waals surface area contributed by atoms with Crippen molar-refractivity contribution in [2.24, 2.45) is 5.73 Å². The minimum absolute atomic E-state index is 0.00939. The van der Waals surface area contributed by atoms with Crippen LogP contribution in [-0.4, -0.2) is 23.8 Å². The van der Waals surface area contributed by atoms with Gasteiger partial charge in [0.25, 0.3) is 0 Å². The number of phenolic OH excluding ortho intramolecular Hbond substituents is 1. The van der Waals surface area contributed by atoms with Crippen LogP contribution < -0.4 is 10.5 Å². The summed E-state index contributed by atoms with van der Waals surface area (Å²) in [5.41, 5.74) is 5.73. The average Bonchev–Trinajstić information content (AvgIpc) is 2.43. The lowest BCUT2D eigenvalue weighted by molar-refractivity contribution is -0.133. The van der Waals surface area contributed by atoms with E-state index in [-0.39, 0.29) is 12.2 Å². The van der Waals surface area contributed by atoms with E-state index in [1.165, 1.54) is 37.6 Å². The Bertz CT molecular complexity index is 532. The second-order valence-corrected chi connectivity index (χ2v) is 3.68. The molecule has 0 saturated carbocycles. The second kappa shape index (κ2) is 7.00. The third kappa shape index (κ3) is 4.31. The zero-order chi connectivity index (χ0) is 14.3. The maximum Gasteiger partial charge on any atom is 0.221 e. The molecule has 5 nitrogen and oxygen atoms in total. The molecule has 0 aromatic heterocycles. The first-order chi connectivity index (χ1) is 9.08. The quantitative estimate of drug-likeness (QED) is 0.597. The molecule has 1 rings (SSSR count). The molecule has 0 aliphatic rings. The molecule has 0 saturated heterocycles. The van der Waals surface area contributed by atoms with E-state index in [1.54, 1.807) is 12.1 Å². The summed E-state index contributed by atoms with van der Waals surface area (Å²) in [5, 5.41) is 9.41. The van der Waals surface area contributed by atoms with Gasteiger partial charge in [-0.15, -0.1) is 0 Å². The maximum absolute atomic E-state index is 11.5. The molecule has 0 heterocycles. The Labute approximate surface area is 111 Å². The Hall–Kier alpha value is -2.56. The molecular formula is C14H15NO4. The van der Waals surface area contributed by atoms with Crippen LogP contribution in [0, 0.1) is 0 Å². The average molecular weight is 261 g/mol. The van der Waals surface area contributed by atoms with Crippen molar-refractivity contribution in [3.8, 4) is 11.5 Å². The first-order valence-electron chi connectivity index (χ1n) is 5.57. The summed E-state index contributed by atoms with van der Waals surface area (Å²) in [6.45, 7) is 0. The number of allylic oxidation sites excluding steroid dienone is 2. The molecule has 19 heavy (non-hydrogen) atoms. The summed E-state index contributed by atoms with van der Waals surface area (Å²) in [6, 6.07) is 4.61. The van der Waals surface area contributed by atoms with Crippen molar-refractivity contribution in [3.63, 3.8) is 0 Å². The van der Waals surface area contributed by atoms with Crippen molar-refractivity contribution in [2.45, 2.75) is 6.42 Å². The lowest BCUT2D eigenvalue weighted by Gasteiger charge is -2.03. The first-order valence-corrected chi connectivity index (χ1v) is 5.57. The summed E-state index contributed by atoms with van der Waals surface area (Å²) in [6.07, 6.45) is 5.28. The summed E-state index contributed by atoms with van der Waals surface area (Å²) >= 11 is 0. The molecular weight excluding hydrogens is 246 g/mol. The predicted molar refractivity (Wildman–Crippen MR) is 71.7 cm³/mol. The summed E-state index contributed by atoms with van der Waals surface area (Å²) < 4.78 is 4.93. The van der Waals surface area contributed by atoms with Crippen LogP contribution in [0.4, 0.5) is 0 Å². The fourth-order valence-electron chi connectivity index (χ4n) is 1.34. The Kier molecular flexibility index (Phi) is 5.35. The molecule has 0 amide bonds. The first kappa shape index (κ1) is 14.5. The highest BCUT2D eigenvalue weighted by atomic mass is 16.5. The molecule has 0 bridgehead atoms. The van der Waals surface area contributed by atoms with Gasteiger partial charge in [0.2, 0.25) is 11.6 Å². The Morgan fingerprint density at radius 1 is 1.42 bits per heavy atom. The van der Waals surface area contributed by atoms with Crippen molar-refractivity contribution < 1.29 is 19.4 Å². The largest absolute Gasteiger partial charge is 0.504 e. The molecule has 0 aliphatic heterocycles. The van der Waals surface area contributed by atoms with Gasteiger partial charge in [-0.05, 0) is 30.0 Å². The number of phenols is 1. The zero-order valence-corrected chi connectivity index (χ0v) is 10.5. The van der Waals surface area contributed by atoms with Crippen LogP contribution >= 0.6 is 0 Å². The maximum atomic E-state index is 11.5. The minimum atomic E-state index is -0.606. The topological polar surface area (TPSA) is 89.6 Å². The Balaban J connectivity index is 2.76. The number of ether oxygens (including phenoxy) is 1. The van der Waals surface area contributed by atoms with E-state index in [0.717, 1.165) is 0 Å². The Morgan fingerprint density at radius 2 is 2.16 bits per heavy atom. The van der Waals surface area contributed by atoms with Crippen molar-refractivity contribution in [2.75, 3.05) is 7.11 Å². The molecule has 0 aliphatic carbocycles.